The van der Waals surface area contributed by atoms with E-state index in [-0.39, 0.29) is 18.1 Å². The molecule has 0 saturated carbocycles. The summed E-state index contributed by atoms with van der Waals surface area (Å²) < 4.78 is 1.90. The number of carbonyl (C=O) groups is 2. The lowest BCUT2D eigenvalue weighted by molar-refractivity contribution is -0.122. The molecular formula is C23H23N5O2. The number of nitrogens with zero attached hydrogens (tertiary/aromatic N) is 3. The minimum atomic E-state index is -0.462. The van der Waals surface area contributed by atoms with Gasteiger partial charge in [-0.25, -0.2) is 9.97 Å². The Hall–Kier alpha value is -3.74. The van der Waals surface area contributed by atoms with E-state index in [9.17, 15) is 9.59 Å². The van der Waals surface area contributed by atoms with Gasteiger partial charge in [-0.15, -0.1) is 0 Å². The number of rotatable bonds is 6. The number of imidazole rings is 1. The van der Waals surface area contributed by atoms with Crippen LogP contribution in [0.15, 0.2) is 60.7 Å². The second-order valence-corrected chi connectivity index (χ2v) is 7.10. The van der Waals surface area contributed by atoms with Gasteiger partial charge in [0.1, 0.15) is 18.1 Å². The fourth-order valence-corrected chi connectivity index (χ4v) is 3.39. The summed E-state index contributed by atoms with van der Waals surface area (Å²) in [5.41, 5.74) is 7.67. The fraction of sp³-hybridized carbons (Fsp3) is 0.217. The predicted octanol–water partition coefficient (Wildman–Crippen LogP) is 3.39. The fourth-order valence-electron chi connectivity index (χ4n) is 3.39. The van der Waals surface area contributed by atoms with Crippen molar-refractivity contribution in [3.8, 4) is 0 Å². The Balaban J connectivity index is 1.45. The molecule has 7 nitrogen and oxygen atoms in total. The Morgan fingerprint density at radius 1 is 0.900 bits per heavy atom. The summed E-state index contributed by atoms with van der Waals surface area (Å²) in [6.45, 7) is 2.20. The summed E-state index contributed by atoms with van der Waals surface area (Å²) in [4.78, 5) is 33.9. The summed E-state index contributed by atoms with van der Waals surface area (Å²) in [6, 6.07) is 18.8. The van der Waals surface area contributed by atoms with Crippen LogP contribution in [0.3, 0.4) is 0 Å². The Morgan fingerprint density at radius 3 is 2.50 bits per heavy atom. The minimum absolute atomic E-state index is 0.0744. The number of amides is 2. The van der Waals surface area contributed by atoms with Crippen molar-refractivity contribution in [3.63, 3.8) is 0 Å². The van der Waals surface area contributed by atoms with Gasteiger partial charge in [0.05, 0.1) is 16.6 Å². The molecular weight excluding hydrogens is 378 g/mol. The summed E-state index contributed by atoms with van der Waals surface area (Å²) in [5, 5.41) is 0.949. The Labute approximate surface area is 174 Å². The highest BCUT2D eigenvalue weighted by Crippen LogP contribution is 2.17. The van der Waals surface area contributed by atoms with Crippen LogP contribution in [-0.4, -0.2) is 26.3 Å². The molecule has 2 aromatic heterocycles. The number of fused-ring (bicyclic) bond motifs is 2. The first-order chi connectivity index (χ1) is 14.7. The minimum Gasteiger partial charge on any atom is -0.318 e. The van der Waals surface area contributed by atoms with E-state index in [0.717, 1.165) is 47.0 Å². The van der Waals surface area contributed by atoms with Crippen LogP contribution in [-0.2, 0) is 17.8 Å². The van der Waals surface area contributed by atoms with Crippen molar-refractivity contribution in [2.75, 3.05) is 0 Å². The van der Waals surface area contributed by atoms with E-state index in [4.69, 9.17) is 0 Å². The maximum absolute atomic E-state index is 12.5. The molecule has 0 spiro atoms. The van der Waals surface area contributed by atoms with E-state index in [1.165, 1.54) is 0 Å². The van der Waals surface area contributed by atoms with Crippen molar-refractivity contribution in [2.24, 2.45) is 0 Å². The van der Waals surface area contributed by atoms with Crippen molar-refractivity contribution >= 4 is 33.8 Å². The van der Waals surface area contributed by atoms with E-state index in [1.807, 2.05) is 59.2 Å². The van der Waals surface area contributed by atoms with Gasteiger partial charge in [0.2, 0.25) is 0 Å². The van der Waals surface area contributed by atoms with Gasteiger partial charge in [-0.1, -0.05) is 49.7 Å². The van der Waals surface area contributed by atoms with Crippen molar-refractivity contribution in [1.29, 1.82) is 0 Å². The molecule has 0 saturated heterocycles. The second-order valence-electron chi connectivity index (χ2n) is 7.10. The molecule has 2 N–H and O–H groups in total. The molecule has 2 aromatic carbocycles. The van der Waals surface area contributed by atoms with Crippen LogP contribution in [0, 0.1) is 0 Å². The highest BCUT2D eigenvalue weighted by molar-refractivity contribution is 5.96. The average molecular weight is 401 g/mol. The third kappa shape index (κ3) is 4.15. The van der Waals surface area contributed by atoms with Crippen LogP contribution in [0.25, 0.3) is 21.9 Å². The van der Waals surface area contributed by atoms with Gasteiger partial charge >= 0.3 is 0 Å². The molecule has 0 bridgehead atoms. The third-order valence-electron chi connectivity index (χ3n) is 4.94. The molecule has 0 unspecified atom stereocenters. The second kappa shape index (κ2) is 8.73. The number of nitrogens with one attached hydrogen (secondary N) is 2. The number of aromatic nitrogens is 3. The Bertz CT molecular complexity index is 1210. The molecule has 4 rings (SSSR count). The smallest absolute Gasteiger partial charge is 0.288 e. The normalized spacial score (nSPS) is 11.0. The number of hydrogen-bond acceptors (Lipinski definition) is 4. The molecule has 2 heterocycles. The van der Waals surface area contributed by atoms with E-state index >= 15 is 0 Å². The summed E-state index contributed by atoms with van der Waals surface area (Å²) >= 11 is 0. The highest BCUT2D eigenvalue weighted by atomic mass is 16.2. The van der Waals surface area contributed by atoms with Gasteiger partial charge in [0.25, 0.3) is 11.8 Å². The molecule has 30 heavy (non-hydrogen) atoms. The lowest BCUT2D eigenvalue weighted by Crippen LogP contribution is -2.43. The van der Waals surface area contributed by atoms with Crippen molar-refractivity contribution in [3.05, 3.63) is 72.2 Å². The van der Waals surface area contributed by atoms with Gasteiger partial charge < -0.3 is 4.57 Å². The van der Waals surface area contributed by atoms with Crippen LogP contribution < -0.4 is 10.9 Å². The Morgan fingerprint density at radius 2 is 1.67 bits per heavy atom. The zero-order valence-electron chi connectivity index (χ0n) is 16.8. The largest absolute Gasteiger partial charge is 0.318 e. The highest BCUT2D eigenvalue weighted by Gasteiger charge is 2.14. The molecule has 2 amide bonds. The number of benzene rings is 2. The van der Waals surface area contributed by atoms with Gasteiger partial charge in [0.15, 0.2) is 0 Å². The standard InChI is InChI=1S/C23H23N5O2/c1-2-3-12-21-25-18-10-6-7-11-20(18)28(21)15-22(29)26-27-23(30)19-14-13-16-8-4-5-9-17(16)24-19/h4-11,13-14H,2-3,12,15H2,1H3,(H,26,29)(H,27,30). The quantitative estimate of drug-likeness (QED) is 0.485. The van der Waals surface area contributed by atoms with E-state index < -0.39 is 5.91 Å². The maximum Gasteiger partial charge on any atom is 0.288 e. The van der Waals surface area contributed by atoms with Crippen LogP contribution in [0.2, 0.25) is 0 Å². The first-order valence-corrected chi connectivity index (χ1v) is 10.0. The summed E-state index contributed by atoms with van der Waals surface area (Å²) in [6.07, 6.45) is 2.84. The number of carbonyl (C=O) groups excluding carboxylic acids is 2. The maximum atomic E-state index is 12.5. The van der Waals surface area contributed by atoms with Crippen LogP contribution in [0.5, 0.6) is 0 Å². The molecule has 0 atom stereocenters. The number of hydrogen-bond donors (Lipinski definition) is 2. The van der Waals surface area contributed by atoms with Crippen LogP contribution >= 0.6 is 0 Å². The predicted molar refractivity (Wildman–Crippen MR) is 116 cm³/mol. The monoisotopic (exact) mass is 401 g/mol. The number of para-hydroxylation sites is 3. The van der Waals surface area contributed by atoms with Crippen LogP contribution in [0.1, 0.15) is 36.1 Å². The number of unbranched alkanes of at least 4 members (excludes halogenated alkanes) is 1. The van der Waals surface area contributed by atoms with Crippen molar-refractivity contribution in [2.45, 2.75) is 32.7 Å². The molecule has 0 aliphatic carbocycles. The number of hydrazine groups is 1. The van der Waals surface area contributed by atoms with Gasteiger partial charge in [-0.2, -0.15) is 0 Å². The van der Waals surface area contributed by atoms with Crippen LogP contribution in [0.4, 0.5) is 0 Å². The zero-order valence-corrected chi connectivity index (χ0v) is 16.8. The first kappa shape index (κ1) is 19.6. The third-order valence-corrected chi connectivity index (χ3v) is 4.94. The van der Waals surface area contributed by atoms with Crippen molar-refractivity contribution < 1.29 is 9.59 Å². The summed E-state index contributed by atoms with van der Waals surface area (Å²) in [5.74, 6) is 0.0801. The van der Waals surface area contributed by atoms with Gasteiger partial charge in [0, 0.05) is 11.8 Å². The summed E-state index contributed by atoms with van der Waals surface area (Å²) in [7, 11) is 0. The van der Waals surface area contributed by atoms with E-state index in [0.29, 0.717) is 0 Å². The van der Waals surface area contributed by atoms with Gasteiger partial charge in [-0.05, 0) is 30.7 Å². The average Bonchev–Trinajstić information content (AvgIpc) is 3.13. The van der Waals surface area contributed by atoms with E-state index in [1.54, 1.807) is 6.07 Å². The molecule has 4 aromatic rings. The molecule has 0 aliphatic heterocycles. The lowest BCUT2D eigenvalue weighted by Gasteiger charge is -2.11. The SMILES string of the molecule is CCCCc1nc2ccccc2n1CC(=O)NNC(=O)c1ccc2ccccc2n1. The molecule has 0 fully saturated rings. The number of aryl methyl sites for hydroxylation is 1. The zero-order chi connectivity index (χ0) is 20.9. The van der Waals surface area contributed by atoms with Gasteiger partial charge in [-0.3, -0.25) is 20.4 Å². The molecule has 152 valence electrons. The molecule has 0 aliphatic rings. The van der Waals surface area contributed by atoms with Crippen molar-refractivity contribution in [1.82, 2.24) is 25.4 Å². The number of pyridine rings is 1. The molecule has 0 radical (unpaired) electrons. The topological polar surface area (TPSA) is 88.9 Å². The lowest BCUT2D eigenvalue weighted by atomic mass is 10.2. The Kier molecular flexibility index (Phi) is 5.70. The van der Waals surface area contributed by atoms with E-state index in [2.05, 4.69) is 27.7 Å². The first-order valence-electron chi connectivity index (χ1n) is 10.0. The molecule has 7 heteroatoms.